The van der Waals surface area contributed by atoms with E-state index < -0.39 is 18.4 Å². The van der Waals surface area contributed by atoms with Crippen LogP contribution in [0, 0.1) is 6.92 Å². The summed E-state index contributed by atoms with van der Waals surface area (Å²) < 4.78 is 16.0. The Morgan fingerprint density at radius 2 is 1.78 bits per heavy atom. The van der Waals surface area contributed by atoms with Crippen LogP contribution in [0.1, 0.15) is 22.0 Å². The molecule has 0 N–H and O–H groups in total. The van der Waals surface area contributed by atoms with Gasteiger partial charge in [-0.05, 0) is 25.1 Å². The van der Waals surface area contributed by atoms with E-state index in [9.17, 15) is 9.59 Å². The SMILES string of the molecule is Cc1c(C(=O)COC(=O)/C=C/c2nc3ccccc3o2)oc2ccccc12. The number of carbonyl (C=O) groups is 2. The van der Waals surface area contributed by atoms with Crippen molar-refractivity contribution in [2.45, 2.75) is 6.92 Å². The molecule has 0 aliphatic carbocycles. The number of carbonyl (C=O) groups excluding carboxylic acids is 2. The van der Waals surface area contributed by atoms with Crippen LogP contribution in [-0.2, 0) is 9.53 Å². The van der Waals surface area contributed by atoms with Gasteiger partial charge in [0.25, 0.3) is 0 Å². The molecule has 2 heterocycles. The van der Waals surface area contributed by atoms with Gasteiger partial charge in [-0.25, -0.2) is 9.78 Å². The summed E-state index contributed by atoms with van der Waals surface area (Å²) in [5.74, 6) is -0.578. The van der Waals surface area contributed by atoms with Crippen molar-refractivity contribution in [1.29, 1.82) is 0 Å². The molecule has 0 bridgehead atoms. The lowest BCUT2D eigenvalue weighted by Gasteiger charge is -2.00. The van der Waals surface area contributed by atoms with E-state index in [1.165, 1.54) is 12.2 Å². The number of aryl methyl sites for hydroxylation is 1. The summed E-state index contributed by atoms with van der Waals surface area (Å²) in [5.41, 5.74) is 2.68. The molecule has 0 spiro atoms. The van der Waals surface area contributed by atoms with Crippen molar-refractivity contribution < 1.29 is 23.2 Å². The molecule has 2 aromatic heterocycles. The number of aromatic nitrogens is 1. The number of ketones is 1. The van der Waals surface area contributed by atoms with Crippen molar-refractivity contribution in [3.05, 3.63) is 71.8 Å². The number of rotatable bonds is 5. The maximum absolute atomic E-state index is 12.3. The third-order valence-electron chi connectivity index (χ3n) is 4.11. The highest BCUT2D eigenvalue weighted by atomic mass is 16.5. The van der Waals surface area contributed by atoms with Gasteiger partial charge in [0.15, 0.2) is 18.0 Å². The first-order chi connectivity index (χ1) is 13.1. The van der Waals surface area contributed by atoms with Crippen LogP contribution in [0.2, 0.25) is 0 Å². The zero-order chi connectivity index (χ0) is 18.8. The van der Waals surface area contributed by atoms with Gasteiger partial charge >= 0.3 is 5.97 Å². The Bertz CT molecular complexity index is 1150. The third kappa shape index (κ3) is 3.37. The smallest absolute Gasteiger partial charge is 0.331 e. The number of hydrogen-bond donors (Lipinski definition) is 0. The number of fused-ring (bicyclic) bond motifs is 2. The first-order valence-corrected chi connectivity index (χ1v) is 8.33. The lowest BCUT2D eigenvalue weighted by Crippen LogP contribution is -2.12. The van der Waals surface area contributed by atoms with E-state index in [-0.39, 0.29) is 11.7 Å². The number of nitrogens with zero attached hydrogens (tertiary/aromatic N) is 1. The van der Waals surface area contributed by atoms with Crippen LogP contribution in [0.4, 0.5) is 0 Å². The molecule has 0 radical (unpaired) electrons. The van der Waals surface area contributed by atoms with Crippen LogP contribution in [0.25, 0.3) is 28.1 Å². The average molecular weight is 361 g/mol. The van der Waals surface area contributed by atoms with Crippen LogP contribution >= 0.6 is 0 Å². The normalized spacial score (nSPS) is 11.4. The molecular weight excluding hydrogens is 346 g/mol. The van der Waals surface area contributed by atoms with Crippen LogP contribution in [0.15, 0.2) is 63.4 Å². The molecule has 4 aromatic rings. The van der Waals surface area contributed by atoms with Crippen molar-refractivity contribution in [3.8, 4) is 0 Å². The Hall–Kier alpha value is -3.67. The quantitative estimate of drug-likeness (QED) is 0.299. The van der Waals surface area contributed by atoms with Gasteiger partial charge < -0.3 is 13.6 Å². The van der Waals surface area contributed by atoms with Crippen LogP contribution in [0.5, 0.6) is 0 Å². The minimum Gasteiger partial charge on any atom is -0.454 e. The fourth-order valence-corrected chi connectivity index (χ4v) is 2.79. The van der Waals surface area contributed by atoms with Crippen molar-refractivity contribution in [3.63, 3.8) is 0 Å². The van der Waals surface area contributed by atoms with Gasteiger partial charge in [-0.2, -0.15) is 0 Å². The van der Waals surface area contributed by atoms with Crippen molar-refractivity contribution in [2.24, 2.45) is 0 Å². The number of hydrogen-bond acceptors (Lipinski definition) is 6. The van der Waals surface area contributed by atoms with Gasteiger partial charge in [0.1, 0.15) is 11.1 Å². The number of benzene rings is 2. The Kier molecular flexibility index (Phi) is 4.30. The second-order valence-corrected chi connectivity index (χ2v) is 5.94. The van der Waals surface area contributed by atoms with Crippen LogP contribution in [-0.4, -0.2) is 23.3 Å². The molecule has 0 fully saturated rings. The second kappa shape index (κ2) is 6.92. The first kappa shape index (κ1) is 16.8. The van der Waals surface area contributed by atoms with Crippen LogP contribution in [0.3, 0.4) is 0 Å². The van der Waals surface area contributed by atoms with E-state index in [0.717, 1.165) is 10.9 Å². The Labute approximate surface area is 154 Å². The molecule has 6 heteroatoms. The van der Waals surface area contributed by atoms with E-state index in [0.29, 0.717) is 16.7 Å². The number of Topliss-reactive ketones (excluding diaryl/α,β-unsaturated/α-hetero) is 1. The van der Waals surface area contributed by atoms with Gasteiger partial charge in [0.05, 0.1) is 0 Å². The van der Waals surface area contributed by atoms with E-state index in [4.69, 9.17) is 13.6 Å². The molecule has 0 unspecified atom stereocenters. The molecule has 2 aromatic carbocycles. The second-order valence-electron chi connectivity index (χ2n) is 5.94. The lowest BCUT2D eigenvalue weighted by atomic mass is 10.1. The minimum atomic E-state index is -0.667. The first-order valence-electron chi connectivity index (χ1n) is 8.33. The lowest BCUT2D eigenvalue weighted by molar-refractivity contribution is -0.136. The van der Waals surface area contributed by atoms with E-state index in [2.05, 4.69) is 4.98 Å². The molecule has 0 saturated heterocycles. The Morgan fingerprint density at radius 1 is 1.04 bits per heavy atom. The summed E-state index contributed by atoms with van der Waals surface area (Å²) in [4.78, 5) is 28.4. The molecule has 0 amide bonds. The monoisotopic (exact) mass is 361 g/mol. The molecule has 0 aliphatic rings. The summed E-state index contributed by atoms with van der Waals surface area (Å²) in [7, 11) is 0. The number of para-hydroxylation sites is 3. The van der Waals surface area contributed by atoms with Gasteiger partial charge in [0, 0.05) is 23.1 Å². The highest BCUT2D eigenvalue weighted by Crippen LogP contribution is 2.25. The highest BCUT2D eigenvalue weighted by molar-refractivity contribution is 6.02. The van der Waals surface area contributed by atoms with Gasteiger partial charge in [-0.3, -0.25) is 4.79 Å². The van der Waals surface area contributed by atoms with Crippen molar-refractivity contribution in [2.75, 3.05) is 6.61 Å². The van der Waals surface area contributed by atoms with Gasteiger partial charge in [-0.15, -0.1) is 0 Å². The zero-order valence-electron chi connectivity index (χ0n) is 14.5. The molecule has 4 rings (SSSR count). The highest BCUT2D eigenvalue weighted by Gasteiger charge is 2.18. The number of esters is 1. The van der Waals surface area contributed by atoms with Gasteiger partial charge in [0.2, 0.25) is 11.7 Å². The van der Waals surface area contributed by atoms with Gasteiger partial charge in [-0.1, -0.05) is 30.3 Å². The Morgan fingerprint density at radius 3 is 2.56 bits per heavy atom. The van der Waals surface area contributed by atoms with E-state index in [1.807, 2.05) is 36.4 Å². The summed E-state index contributed by atoms with van der Waals surface area (Å²) in [6.45, 7) is 1.39. The zero-order valence-corrected chi connectivity index (χ0v) is 14.5. The maximum atomic E-state index is 12.3. The molecule has 0 aliphatic heterocycles. The topological polar surface area (TPSA) is 82.5 Å². The molecule has 0 saturated carbocycles. The van der Waals surface area contributed by atoms with E-state index in [1.54, 1.807) is 19.1 Å². The number of ether oxygens (including phenoxy) is 1. The predicted octanol–water partition coefficient (Wildman–Crippen LogP) is 4.32. The van der Waals surface area contributed by atoms with E-state index >= 15 is 0 Å². The average Bonchev–Trinajstić information content (AvgIpc) is 3.25. The number of oxazole rings is 1. The Balaban J connectivity index is 1.40. The molecular formula is C21H15NO5. The summed E-state index contributed by atoms with van der Waals surface area (Å²) in [6, 6.07) is 14.6. The summed E-state index contributed by atoms with van der Waals surface area (Å²) in [5, 5.41) is 0.864. The molecule has 6 nitrogen and oxygen atoms in total. The molecule has 134 valence electrons. The fraction of sp³-hybridized carbons (Fsp3) is 0.0952. The molecule has 27 heavy (non-hydrogen) atoms. The molecule has 0 atom stereocenters. The summed E-state index contributed by atoms with van der Waals surface area (Å²) in [6.07, 6.45) is 2.57. The largest absolute Gasteiger partial charge is 0.454 e. The maximum Gasteiger partial charge on any atom is 0.331 e. The fourth-order valence-electron chi connectivity index (χ4n) is 2.79. The summed E-state index contributed by atoms with van der Waals surface area (Å²) >= 11 is 0. The van der Waals surface area contributed by atoms with Crippen molar-refractivity contribution in [1.82, 2.24) is 4.98 Å². The third-order valence-corrected chi connectivity index (χ3v) is 4.11. The standard InChI is InChI=1S/C21H15NO5/c1-13-14-6-2-4-8-17(14)27-21(13)16(23)12-25-20(24)11-10-19-22-15-7-3-5-9-18(15)26-19/h2-11H,12H2,1H3/b11-10+. The minimum absolute atomic E-state index is 0.201. The predicted molar refractivity (Wildman–Crippen MR) is 99.3 cm³/mol. The van der Waals surface area contributed by atoms with Crippen molar-refractivity contribution >= 4 is 39.9 Å². The van der Waals surface area contributed by atoms with Crippen LogP contribution < -0.4 is 0 Å². The number of furan rings is 1.